The van der Waals surface area contributed by atoms with Gasteiger partial charge in [-0.05, 0) is 67.4 Å². The predicted octanol–water partition coefficient (Wildman–Crippen LogP) is 6.45. The van der Waals surface area contributed by atoms with E-state index < -0.39 is 17.7 Å². The molecule has 0 aliphatic heterocycles. The minimum atomic E-state index is -4.54. The highest BCUT2D eigenvalue weighted by Gasteiger charge is 2.32. The molecule has 0 spiro atoms. The van der Waals surface area contributed by atoms with E-state index in [-0.39, 0.29) is 29.4 Å². The van der Waals surface area contributed by atoms with Crippen LogP contribution in [0.1, 0.15) is 32.9 Å². The van der Waals surface area contributed by atoms with E-state index in [1.807, 2.05) is 31.2 Å². The normalized spacial score (nSPS) is 11.4. The van der Waals surface area contributed by atoms with Gasteiger partial charge in [-0.1, -0.05) is 30.3 Å². The SMILES string of the molecule is Cc1ccccc1COc1ccc(C(F)(F)F)cc1-c1ccc(C)n1-c1cccc(C(=O)O)n1. The Bertz CT molecular complexity index is 1360. The number of alkyl halides is 3. The van der Waals surface area contributed by atoms with Gasteiger partial charge in [-0.15, -0.1) is 0 Å². The van der Waals surface area contributed by atoms with Gasteiger partial charge in [0.1, 0.15) is 18.2 Å². The van der Waals surface area contributed by atoms with Crippen LogP contribution in [-0.2, 0) is 12.8 Å². The van der Waals surface area contributed by atoms with Crippen LogP contribution in [-0.4, -0.2) is 20.6 Å². The molecule has 0 amide bonds. The van der Waals surface area contributed by atoms with Crippen molar-refractivity contribution in [3.63, 3.8) is 0 Å². The van der Waals surface area contributed by atoms with E-state index in [2.05, 4.69) is 4.98 Å². The number of benzene rings is 2. The van der Waals surface area contributed by atoms with Crippen molar-refractivity contribution >= 4 is 5.97 Å². The fourth-order valence-electron chi connectivity index (χ4n) is 3.68. The van der Waals surface area contributed by atoms with Crippen LogP contribution < -0.4 is 4.74 Å². The Morgan fingerprint density at radius 2 is 1.76 bits per heavy atom. The number of aryl methyl sites for hydroxylation is 2. The number of carbonyl (C=O) groups is 1. The number of carboxylic acids is 1. The summed E-state index contributed by atoms with van der Waals surface area (Å²) in [5.41, 5.74) is 2.23. The number of carboxylic acid groups (broad SMARTS) is 1. The smallest absolute Gasteiger partial charge is 0.416 e. The summed E-state index contributed by atoms with van der Waals surface area (Å²) in [6, 6.07) is 18.8. The van der Waals surface area contributed by atoms with Crippen LogP contribution in [0.5, 0.6) is 5.75 Å². The molecule has 0 bridgehead atoms. The molecule has 2 aromatic heterocycles. The van der Waals surface area contributed by atoms with Gasteiger partial charge in [-0.25, -0.2) is 9.78 Å². The largest absolute Gasteiger partial charge is 0.488 e. The molecular formula is C26H21F3N2O3. The number of rotatable bonds is 6. The van der Waals surface area contributed by atoms with Gasteiger partial charge in [0, 0.05) is 11.3 Å². The second kappa shape index (κ2) is 9.05. The van der Waals surface area contributed by atoms with Crippen molar-refractivity contribution in [1.29, 1.82) is 0 Å². The monoisotopic (exact) mass is 466 g/mol. The van der Waals surface area contributed by atoms with Gasteiger partial charge in [0.25, 0.3) is 0 Å². The summed E-state index contributed by atoms with van der Waals surface area (Å²) >= 11 is 0. The van der Waals surface area contributed by atoms with E-state index in [1.54, 1.807) is 29.7 Å². The zero-order chi connectivity index (χ0) is 24.5. The summed E-state index contributed by atoms with van der Waals surface area (Å²) in [4.78, 5) is 15.6. The zero-order valence-corrected chi connectivity index (χ0v) is 18.4. The quantitative estimate of drug-likeness (QED) is 0.355. The number of hydrogen-bond acceptors (Lipinski definition) is 3. The Morgan fingerprint density at radius 3 is 2.47 bits per heavy atom. The molecule has 5 nitrogen and oxygen atoms in total. The summed E-state index contributed by atoms with van der Waals surface area (Å²) in [5.74, 6) is -0.654. The third kappa shape index (κ3) is 4.66. The van der Waals surface area contributed by atoms with E-state index in [1.165, 1.54) is 18.2 Å². The number of pyridine rings is 1. The molecule has 34 heavy (non-hydrogen) atoms. The van der Waals surface area contributed by atoms with Crippen molar-refractivity contribution in [2.24, 2.45) is 0 Å². The molecule has 0 aliphatic rings. The number of nitrogens with zero attached hydrogens (tertiary/aromatic N) is 2. The van der Waals surface area contributed by atoms with Crippen molar-refractivity contribution in [1.82, 2.24) is 9.55 Å². The lowest BCUT2D eigenvalue weighted by molar-refractivity contribution is -0.137. The van der Waals surface area contributed by atoms with Crippen LogP contribution in [0.3, 0.4) is 0 Å². The van der Waals surface area contributed by atoms with Crippen LogP contribution in [0.4, 0.5) is 13.2 Å². The Kier molecular flexibility index (Phi) is 6.15. The molecule has 0 unspecified atom stereocenters. The van der Waals surface area contributed by atoms with E-state index >= 15 is 0 Å². The molecule has 2 heterocycles. The van der Waals surface area contributed by atoms with Gasteiger partial charge >= 0.3 is 12.1 Å². The lowest BCUT2D eigenvalue weighted by Crippen LogP contribution is -2.09. The molecule has 1 N–H and O–H groups in total. The summed E-state index contributed by atoms with van der Waals surface area (Å²) in [6.07, 6.45) is -4.54. The molecule has 0 saturated carbocycles. The molecule has 2 aromatic carbocycles. The van der Waals surface area contributed by atoms with Gasteiger partial charge in [-0.2, -0.15) is 13.2 Å². The fourth-order valence-corrected chi connectivity index (χ4v) is 3.68. The average molecular weight is 466 g/mol. The van der Waals surface area contributed by atoms with Crippen molar-refractivity contribution in [2.45, 2.75) is 26.6 Å². The van der Waals surface area contributed by atoms with E-state index in [0.717, 1.165) is 23.3 Å². The first-order valence-corrected chi connectivity index (χ1v) is 10.4. The van der Waals surface area contributed by atoms with Crippen molar-refractivity contribution in [2.75, 3.05) is 0 Å². The molecular weight excluding hydrogens is 445 g/mol. The van der Waals surface area contributed by atoms with Crippen LogP contribution >= 0.6 is 0 Å². The number of aromatic nitrogens is 2. The maximum absolute atomic E-state index is 13.6. The van der Waals surface area contributed by atoms with E-state index in [4.69, 9.17) is 4.74 Å². The Hall–Kier alpha value is -4.07. The first-order chi connectivity index (χ1) is 16.1. The van der Waals surface area contributed by atoms with Gasteiger partial charge in [0.2, 0.25) is 0 Å². The molecule has 0 aliphatic carbocycles. The molecule has 174 valence electrons. The topological polar surface area (TPSA) is 64.3 Å². The predicted molar refractivity (Wildman–Crippen MR) is 121 cm³/mol. The Morgan fingerprint density at radius 1 is 1.00 bits per heavy atom. The molecule has 4 rings (SSSR count). The summed E-state index contributed by atoms with van der Waals surface area (Å²) in [7, 11) is 0. The molecule has 0 radical (unpaired) electrons. The first kappa shape index (κ1) is 23.1. The van der Waals surface area contributed by atoms with Gasteiger partial charge in [-0.3, -0.25) is 4.57 Å². The highest BCUT2D eigenvalue weighted by Crippen LogP contribution is 2.39. The third-order valence-corrected chi connectivity index (χ3v) is 5.49. The summed E-state index contributed by atoms with van der Waals surface area (Å²) in [6.45, 7) is 3.87. The van der Waals surface area contributed by atoms with Crippen molar-refractivity contribution in [3.8, 4) is 22.8 Å². The maximum Gasteiger partial charge on any atom is 0.416 e. The minimum Gasteiger partial charge on any atom is -0.488 e. The number of hydrogen-bond donors (Lipinski definition) is 1. The molecule has 8 heteroatoms. The first-order valence-electron chi connectivity index (χ1n) is 10.4. The standard InChI is InChI=1S/C26H21F3N2O3/c1-16-6-3-4-7-18(16)15-34-23-13-11-19(26(27,28)29)14-20(23)22-12-10-17(2)31(22)24-9-5-8-21(30-24)25(32)33/h3-14H,15H2,1-2H3,(H,32,33). The summed E-state index contributed by atoms with van der Waals surface area (Å²) in [5, 5.41) is 9.32. The van der Waals surface area contributed by atoms with Gasteiger partial charge in [0.05, 0.1) is 11.3 Å². The number of halogens is 3. The lowest BCUT2D eigenvalue weighted by atomic mass is 10.1. The van der Waals surface area contributed by atoms with E-state index in [0.29, 0.717) is 11.4 Å². The Balaban J connectivity index is 1.84. The second-order valence-corrected chi connectivity index (χ2v) is 7.81. The summed E-state index contributed by atoms with van der Waals surface area (Å²) < 4.78 is 48.3. The van der Waals surface area contributed by atoms with Crippen LogP contribution in [0.15, 0.2) is 72.8 Å². The molecule has 0 saturated heterocycles. The second-order valence-electron chi connectivity index (χ2n) is 7.81. The average Bonchev–Trinajstić information content (AvgIpc) is 3.19. The highest BCUT2D eigenvalue weighted by atomic mass is 19.4. The van der Waals surface area contributed by atoms with Crippen LogP contribution in [0, 0.1) is 13.8 Å². The lowest BCUT2D eigenvalue weighted by Gasteiger charge is -2.18. The van der Waals surface area contributed by atoms with Crippen LogP contribution in [0.25, 0.3) is 17.1 Å². The van der Waals surface area contributed by atoms with Gasteiger partial charge < -0.3 is 9.84 Å². The number of aromatic carboxylic acids is 1. The Labute approximate surface area is 194 Å². The molecule has 0 atom stereocenters. The fraction of sp³-hybridized carbons (Fsp3) is 0.154. The highest BCUT2D eigenvalue weighted by molar-refractivity contribution is 5.85. The maximum atomic E-state index is 13.6. The van der Waals surface area contributed by atoms with Gasteiger partial charge in [0.15, 0.2) is 5.69 Å². The van der Waals surface area contributed by atoms with Crippen molar-refractivity contribution < 1.29 is 27.8 Å². The van der Waals surface area contributed by atoms with Crippen molar-refractivity contribution in [3.05, 3.63) is 101 Å². The van der Waals surface area contributed by atoms with E-state index in [9.17, 15) is 23.1 Å². The third-order valence-electron chi connectivity index (χ3n) is 5.49. The van der Waals surface area contributed by atoms with Crippen LogP contribution in [0.2, 0.25) is 0 Å². The molecule has 4 aromatic rings. The number of ether oxygens (including phenoxy) is 1. The minimum absolute atomic E-state index is 0.170. The molecule has 0 fully saturated rings. The zero-order valence-electron chi connectivity index (χ0n) is 18.4.